The Labute approximate surface area is 221 Å². The third kappa shape index (κ3) is 5.01. The van der Waals surface area contributed by atoms with Crippen molar-refractivity contribution >= 4 is 23.8 Å². The zero-order chi connectivity index (χ0) is 27.6. The molecule has 0 aliphatic heterocycles. The number of carbonyl (C=O) groups is 3. The van der Waals surface area contributed by atoms with E-state index in [1.165, 1.54) is 0 Å². The largest absolute Gasteiger partial charge is 0.465 e. The van der Waals surface area contributed by atoms with Gasteiger partial charge in [-0.05, 0) is 30.2 Å². The Morgan fingerprint density at radius 3 is 1.78 bits per heavy atom. The van der Waals surface area contributed by atoms with E-state index in [0.717, 1.165) is 5.56 Å². The molecule has 1 aromatic rings. The van der Waals surface area contributed by atoms with Gasteiger partial charge in [-0.15, -0.1) is 0 Å². The third-order valence-corrected chi connectivity index (χ3v) is 7.15. The van der Waals surface area contributed by atoms with Gasteiger partial charge in [-0.25, -0.2) is 0 Å². The quantitative estimate of drug-likeness (QED) is 0.251. The lowest BCUT2D eigenvalue weighted by Crippen LogP contribution is -2.54. The van der Waals surface area contributed by atoms with E-state index in [0.29, 0.717) is 11.1 Å². The maximum Gasteiger partial charge on any atom is 0.328 e. The SMILES string of the molecule is CCOC(=O)C1(C(=O)OCC)C=C[C@@H](/C=C/c2ccccc2)C12C=C(C(C)(C)C)C(=O)C(C(C)(C)C)=C2. The van der Waals surface area contributed by atoms with Gasteiger partial charge in [0.25, 0.3) is 0 Å². The first-order valence-corrected chi connectivity index (χ1v) is 13.0. The van der Waals surface area contributed by atoms with E-state index in [4.69, 9.17) is 9.47 Å². The average Bonchev–Trinajstić information content (AvgIpc) is 3.12. The molecule has 0 heterocycles. The molecule has 2 aliphatic rings. The van der Waals surface area contributed by atoms with Crippen molar-refractivity contribution in [3.63, 3.8) is 0 Å². The van der Waals surface area contributed by atoms with Crippen LogP contribution >= 0.6 is 0 Å². The van der Waals surface area contributed by atoms with Crippen LogP contribution in [-0.2, 0) is 23.9 Å². The Morgan fingerprint density at radius 1 is 0.865 bits per heavy atom. The van der Waals surface area contributed by atoms with Gasteiger partial charge in [0.15, 0.2) is 11.2 Å². The lowest BCUT2D eigenvalue weighted by atomic mass is 9.55. The zero-order valence-corrected chi connectivity index (χ0v) is 23.4. The van der Waals surface area contributed by atoms with Gasteiger partial charge in [0.05, 0.1) is 13.2 Å². The van der Waals surface area contributed by atoms with E-state index in [1.54, 1.807) is 19.9 Å². The van der Waals surface area contributed by atoms with Gasteiger partial charge in [-0.1, -0.05) is 108 Å². The Morgan fingerprint density at radius 2 is 1.35 bits per heavy atom. The minimum Gasteiger partial charge on any atom is -0.465 e. The van der Waals surface area contributed by atoms with Crippen molar-refractivity contribution in [1.82, 2.24) is 0 Å². The van der Waals surface area contributed by atoms with E-state index < -0.39 is 39.5 Å². The number of esters is 2. The summed E-state index contributed by atoms with van der Waals surface area (Å²) in [6.07, 6.45) is 11.2. The highest BCUT2D eigenvalue weighted by atomic mass is 16.6. The second-order valence-corrected chi connectivity index (χ2v) is 11.8. The van der Waals surface area contributed by atoms with Crippen molar-refractivity contribution in [1.29, 1.82) is 0 Å². The van der Waals surface area contributed by atoms with Crippen LogP contribution in [-0.4, -0.2) is 30.9 Å². The molecule has 0 saturated heterocycles. The molecule has 2 aliphatic carbocycles. The smallest absolute Gasteiger partial charge is 0.328 e. The van der Waals surface area contributed by atoms with Gasteiger partial charge in [0.1, 0.15) is 0 Å². The molecular formula is C32H40O5. The van der Waals surface area contributed by atoms with E-state index in [1.807, 2.05) is 102 Å². The van der Waals surface area contributed by atoms with Crippen LogP contribution in [0.1, 0.15) is 61.0 Å². The van der Waals surface area contributed by atoms with Crippen LogP contribution < -0.4 is 0 Å². The summed E-state index contributed by atoms with van der Waals surface area (Å²) in [7, 11) is 0. The molecule has 5 nitrogen and oxygen atoms in total. The number of Topliss-reactive ketones (excluding diaryl/α,β-unsaturated/α-hetero) is 1. The molecule has 0 aromatic heterocycles. The lowest BCUT2D eigenvalue weighted by molar-refractivity contribution is -0.173. The predicted octanol–water partition coefficient (Wildman–Crippen LogP) is 6.51. The van der Waals surface area contributed by atoms with Gasteiger partial charge < -0.3 is 9.47 Å². The number of rotatable bonds is 6. The summed E-state index contributed by atoms with van der Waals surface area (Å²) >= 11 is 0. The number of carbonyl (C=O) groups excluding carboxylic acids is 3. The summed E-state index contributed by atoms with van der Waals surface area (Å²) in [4.78, 5) is 41.5. The predicted molar refractivity (Wildman–Crippen MR) is 146 cm³/mol. The number of allylic oxidation sites excluding steroid dienone is 6. The fourth-order valence-corrected chi connectivity index (χ4v) is 5.21. The zero-order valence-electron chi connectivity index (χ0n) is 23.4. The van der Waals surface area contributed by atoms with Gasteiger partial charge >= 0.3 is 11.9 Å². The van der Waals surface area contributed by atoms with Gasteiger partial charge in [0, 0.05) is 22.5 Å². The second kappa shape index (κ2) is 10.3. The Hall–Kier alpha value is -3.21. The Kier molecular flexibility index (Phi) is 7.88. The Balaban J connectivity index is 2.42. The minimum absolute atomic E-state index is 0.0649. The topological polar surface area (TPSA) is 69.7 Å². The molecule has 37 heavy (non-hydrogen) atoms. The fourth-order valence-electron chi connectivity index (χ4n) is 5.21. The van der Waals surface area contributed by atoms with E-state index in [9.17, 15) is 14.4 Å². The second-order valence-electron chi connectivity index (χ2n) is 11.8. The molecule has 0 saturated carbocycles. The van der Waals surface area contributed by atoms with Crippen LogP contribution in [0.3, 0.4) is 0 Å². The van der Waals surface area contributed by atoms with E-state index >= 15 is 0 Å². The summed E-state index contributed by atoms with van der Waals surface area (Å²) in [5, 5.41) is 0. The third-order valence-electron chi connectivity index (χ3n) is 7.15. The number of hydrogen-bond acceptors (Lipinski definition) is 5. The lowest BCUT2D eigenvalue weighted by Gasteiger charge is -2.46. The van der Waals surface area contributed by atoms with Gasteiger partial charge in [-0.2, -0.15) is 0 Å². The molecule has 0 radical (unpaired) electrons. The van der Waals surface area contributed by atoms with Crippen LogP contribution in [0, 0.1) is 27.6 Å². The molecule has 1 atom stereocenters. The maximum absolute atomic E-state index is 13.8. The van der Waals surface area contributed by atoms with E-state index in [2.05, 4.69) is 0 Å². The molecule has 0 bridgehead atoms. The molecule has 198 valence electrons. The van der Waals surface area contributed by atoms with Crippen LogP contribution in [0.25, 0.3) is 6.08 Å². The van der Waals surface area contributed by atoms with Gasteiger partial charge in [0.2, 0.25) is 0 Å². The van der Waals surface area contributed by atoms with Crippen molar-refractivity contribution in [2.24, 2.45) is 27.6 Å². The molecular weight excluding hydrogens is 464 g/mol. The standard InChI is InChI=1S/C32H40O5/c1-9-36-27(34)32(28(35)37-10-2)19-18-23(17-16-22-14-12-11-13-15-22)31(32)20-24(29(3,4)5)26(33)25(21-31)30(6,7)8/h11-21,23H,9-10H2,1-8H3/b17-16+/t23-/m1/s1. The van der Waals surface area contributed by atoms with Crippen LogP contribution in [0.15, 0.2) is 71.9 Å². The highest BCUT2D eigenvalue weighted by Crippen LogP contribution is 2.60. The summed E-state index contributed by atoms with van der Waals surface area (Å²) in [5.41, 5.74) is -1.93. The number of benzene rings is 1. The van der Waals surface area contributed by atoms with Crippen molar-refractivity contribution < 1.29 is 23.9 Å². The highest BCUT2D eigenvalue weighted by Gasteiger charge is 2.67. The molecule has 3 rings (SSSR count). The van der Waals surface area contributed by atoms with Gasteiger partial charge in [-0.3, -0.25) is 14.4 Å². The Bertz CT molecular complexity index is 1110. The summed E-state index contributed by atoms with van der Waals surface area (Å²) in [6.45, 7) is 15.5. The van der Waals surface area contributed by atoms with Crippen molar-refractivity contribution in [3.8, 4) is 0 Å². The molecule has 1 aromatic carbocycles. The maximum atomic E-state index is 13.8. The first kappa shape index (κ1) is 28.4. The molecule has 5 heteroatoms. The molecule has 0 unspecified atom stereocenters. The number of hydrogen-bond donors (Lipinski definition) is 0. The van der Waals surface area contributed by atoms with Crippen molar-refractivity contribution in [3.05, 3.63) is 77.4 Å². The van der Waals surface area contributed by atoms with Crippen LogP contribution in [0.5, 0.6) is 0 Å². The number of ether oxygens (including phenoxy) is 2. The first-order valence-electron chi connectivity index (χ1n) is 13.0. The first-order chi connectivity index (χ1) is 17.2. The number of ketones is 1. The monoisotopic (exact) mass is 504 g/mol. The van der Waals surface area contributed by atoms with Crippen LogP contribution in [0.4, 0.5) is 0 Å². The van der Waals surface area contributed by atoms with E-state index in [-0.39, 0.29) is 19.0 Å². The summed E-state index contributed by atoms with van der Waals surface area (Å²) < 4.78 is 11.1. The summed E-state index contributed by atoms with van der Waals surface area (Å²) in [5.74, 6) is -1.83. The van der Waals surface area contributed by atoms with Crippen LogP contribution in [0.2, 0.25) is 0 Å². The molecule has 0 fully saturated rings. The highest BCUT2D eigenvalue weighted by molar-refractivity contribution is 6.13. The van der Waals surface area contributed by atoms with Crippen molar-refractivity contribution in [2.75, 3.05) is 13.2 Å². The molecule has 0 amide bonds. The molecule has 1 spiro atoms. The van der Waals surface area contributed by atoms with Crippen molar-refractivity contribution in [2.45, 2.75) is 55.4 Å². The summed E-state index contributed by atoms with van der Waals surface area (Å²) in [6, 6.07) is 9.84. The normalized spacial score (nSPS) is 20.6. The molecule has 0 N–H and O–H groups in total. The minimum atomic E-state index is -1.78. The average molecular weight is 505 g/mol. The fraction of sp³-hybridized carbons (Fsp3) is 0.469.